The molecule has 5 rings (SSSR count). The van der Waals surface area contributed by atoms with Crippen LogP contribution in [0, 0.1) is 0 Å². The Kier molecular flexibility index (Phi) is 24.1. The van der Waals surface area contributed by atoms with Gasteiger partial charge in [-0.15, -0.1) is 0 Å². The molecule has 0 aliphatic carbocycles. The fourth-order valence-corrected chi connectivity index (χ4v) is 9.22. The Labute approximate surface area is 431 Å². The number of carbonyl (C=O) groups is 3. The number of hydrogen-bond acceptors (Lipinski definition) is 31. The number of hydrogen-bond donors (Lipinski definition) is 21. The molecule has 5 saturated heterocycles. The van der Waals surface area contributed by atoms with Crippen LogP contribution in [0.2, 0.25) is 0 Å². The maximum atomic E-state index is 12.6. The molecule has 5 aliphatic heterocycles. The van der Waals surface area contributed by atoms with Gasteiger partial charge in [0.1, 0.15) is 140 Å². The molecule has 0 bridgehead atoms. The number of aliphatic hydroxyl groups excluding tert-OH is 18. The summed E-state index contributed by atoms with van der Waals surface area (Å²) in [5, 5.41) is 200. The molecule has 21 N–H and O–H groups in total. The number of amides is 3. The van der Waals surface area contributed by atoms with Crippen molar-refractivity contribution in [1.29, 1.82) is 0 Å². The summed E-state index contributed by atoms with van der Waals surface area (Å²) in [6.45, 7) is -3.82. The van der Waals surface area contributed by atoms with Crippen molar-refractivity contribution in [2.24, 2.45) is 0 Å². The van der Waals surface area contributed by atoms with Gasteiger partial charge in [0.2, 0.25) is 17.7 Å². The van der Waals surface area contributed by atoms with Crippen molar-refractivity contribution in [2.75, 3.05) is 46.2 Å². The second-order valence-electron chi connectivity index (χ2n) is 18.8. The van der Waals surface area contributed by atoms with Crippen LogP contribution in [0.15, 0.2) is 0 Å². The zero-order chi connectivity index (χ0) is 56.6. The molecule has 76 heavy (non-hydrogen) atoms. The van der Waals surface area contributed by atoms with E-state index < -0.39 is 242 Å². The maximum absolute atomic E-state index is 12.6. The van der Waals surface area contributed by atoms with Crippen molar-refractivity contribution >= 4 is 17.7 Å². The van der Waals surface area contributed by atoms with Crippen molar-refractivity contribution < 1.29 is 154 Å². The highest BCUT2D eigenvalue weighted by Gasteiger charge is 2.57. The number of nitrogens with one attached hydrogen (secondary N) is 3. The lowest BCUT2D eigenvalue weighted by atomic mass is 9.94. The van der Waals surface area contributed by atoms with E-state index in [0.29, 0.717) is 0 Å². The summed E-state index contributed by atoms with van der Waals surface area (Å²) in [5.41, 5.74) is 0. The molecule has 34 heteroatoms. The largest absolute Gasteiger partial charge is 0.394 e. The molecule has 5 heterocycles. The summed E-state index contributed by atoms with van der Waals surface area (Å²) in [5.74, 6) is -2.37. The van der Waals surface area contributed by atoms with E-state index in [1.807, 2.05) is 0 Å². The second-order valence-corrected chi connectivity index (χ2v) is 18.8. The van der Waals surface area contributed by atoms with E-state index in [1.165, 1.54) is 0 Å². The number of aliphatic hydroxyl groups is 18. The molecule has 0 aromatic heterocycles. The van der Waals surface area contributed by atoms with Gasteiger partial charge in [-0.2, -0.15) is 0 Å². The van der Waals surface area contributed by atoms with Gasteiger partial charge < -0.3 is 155 Å². The van der Waals surface area contributed by atoms with Gasteiger partial charge in [0.25, 0.3) is 0 Å². The first-order valence-corrected chi connectivity index (χ1v) is 24.0. The van der Waals surface area contributed by atoms with E-state index in [1.54, 1.807) is 0 Å². The maximum Gasteiger partial charge on any atom is 0.217 e. The van der Waals surface area contributed by atoms with E-state index >= 15 is 0 Å². The molecule has 5 fully saturated rings. The lowest BCUT2D eigenvalue weighted by Gasteiger charge is -2.50. The Morgan fingerprint density at radius 1 is 0.447 bits per heavy atom. The first kappa shape index (κ1) is 64.1. The van der Waals surface area contributed by atoms with Gasteiger partial charge in [-0.1, -0.05) is 0 Å². The van der Waals surface area contributed by atoms with Crippen LogP contribution >= 0.6 is 0 Å². The van der Waals surface area contributed by atoms with Gasteiger partial charge in [0, 0.05) is 20.8 Å². The van der Waals surface area contributed by atoms with Gasteiger partial charge in [0.15, 0.2) is 31.5 Å². The summed E-state index contributed by atoms with van der Waals surface area (Å²) in [4.78, 5) is 36.4. The van der Waals surface area contributed by atoms with Crippen LogP contribution in [0.1, 0.15) is 20.8 Å². The highest BCUT2D eigenvalue weighted by molar-refractivity contribution is 5.74. The summed E-state index contributed by atoms with van der Waals surface area (Å²) < 4.78 is 57.4. The molecule has 5 aliphatic rings. The molecule has 0 aromatic rings. The molecule has 0 spiro atoms. The molecule has 29 atom stereocenters. The van der Waals surface area contributed by atoms with Gasteiger partial charge >= 0.3 is 0 Å². The van der Waals surface area contributed by atoms with E-state index in [4.69, 9.17) is 47.4 Å². The highest BCUT2D eigenvalue weighted by Crippen LogP contribution is 2.36. The zero-order valence-electron chi connectivity index (χ0n) is 41.0. The molecule has 0 radical (unpaired) electrons. The average Bonchev–Trinajstić information content (AvgIpc) is 3.38. The van der Waals surface area contributed by atoms with Gasteiger partial charge in [-0.05, 0) is 0 Å². The van der Waals surface area contributed by atoms with Crippen LogP contribution in [0.3, 0.4) is 0 Å². The lowest BCUT2D eigenvalue weighted by Crippen LogP contribution is -2.69. The summed E-state index contributed by atoms with van der Waals surface area (Å²) in [6.07, 6.45) is -50.8. The second kappa shape index (κ2) is 28.6. The van der Waals surface area contributed by atoms with E-state index in [0.717, 1.165) is 20.8 Å². The van der Waals surface area contributed by atoms with Crippen LogP contribution in [0.5, 0.6) is 0 Å². The molecule has 0 aromatic carbocycles. The number of ether oxygens (including phenoxy) is 10. The van der Waals surface area contributed by atoms with Crippen molar-refractivity contribution in [3.63, 3.8) is 0 Å². The molecule has 3 amide bonds. The van der Waals surface area contributed by atoms with Crippen molar-refractivity contribution in [2.45, 2.75) is 199 Å². The predicted octanol–water partition coefficient (Wildman–Crippen LogP) is -14.0. The van der Waals surface area contributed by atoms with Crippen LogP contribution in [-0.4, -0.2) is 334 Å². The SMILES string of the molecule is CC(=O)N[C@H]1[C@H](O[C@@H]([C@H](O)[C@H](CO)NC(C)=O)[C@H](O)CO)O[C@H](CO)[C@@H](O[C@@H]2O[C@H](CO[C@H]3O[C@H](CO)[C@@H](O)[C@H](O)[C@@H]3O)[C@@H](O)[C@H](O[C@H]3O[C@H](CO)[C@@H](O[C@@H]4O[C@H](CO)[C@@H](O)[C@H](O)[C@H]4NC(C)=O)[C@H](O)[C@@H]3O)[C@@H]2O)[C@@H]1O. The minimum atomic E-state index is -2.33. The van der Waals surface area contributed by atoms with Crippen LogP contribution < -0.4 is 16.0 Å². The Balaban J connectivity index is 1.44. The third-order valence-electron chi connectivity index (χ3n) is 13.3. The normalized spacial score (nSPS) is 43.8. The van der Waals surface area contributed by atoms with Gasteiger partial charge in [-0.3, -0.25) is 14.4 Å². The molecular formula is C42H73N3O31. The van der Waals surface area contributed by atoms with E-state index in [9.17, 15) is 106 Å². The lowest BCUT2D eigenvalue weighted by molar-refractivity contribution is -0.388. The van der Waals surface area contributed by atoms with Crippen molar-refractivity contribution in [3.8, 4) is 0 Å². The molecule has 0 saturated carbocycles. The fraction of sp³-hybridized carbons (Fsp3) is 0.929. The number of rotatable bonds is 23. The molecular weight excluding hydrogens is 1040 g/mol. The molecule has 442 valence electrons. The minimum Gasteiger partial charge on any atom is -0.394 e. The summed E-state index contributed by atoms with van der Waals surface area (Å²) in [6, 6.07) is -4.93. The Hall–Kier alpha value is -2.71. The van der Waals surface area contributed by atoms with Crippen LogP contribution in [0.25, 0.3) is 0 Å². The van der Waals surface area contributed by atoms with Crippen LogP contribution in [-0.2, 0) is 61.8 Å². The fourth-order valence-electron chi connectivity index (χ4n) is 9.22. The average molecular weight is 1120 g/mol. The highest BCUT2D eigenvalue weighted by atomic mass is 16.8. The summed E-state index contributed by atoms with van der Waals surface area (Å²) >= 11 is 0. The topological polar surface area (TPSA) is 544 Å². The van der Waals surface area contributed by atoms with Crippen molar-refractivity contribution in [1.82, 2.24) is 16.0 Å². The molecule has 0 unspecified atom stereocenters. The van der Waals surface area contributed by atoms with Gasteiger partial charge in [-0.25, -0.2) is 0 Å². The number of carbonyl (C=O) groups excluding carboxylic acids is 3. The third-order valence-corrected chi connectivity index (χ3v) is 13.3. The monoisotopic (exact) mass is 1120 g/mol. The Morgan fingerprint density at radius 3 is 1.42 bits per heavy atom. The quantitative estimate of drug-likeness (QED) is 0.0452. The Morgan fingerprint density at radius 2 is 0.895 bits per heavy atom. The third kappa shape index (κ3) is 14.8. The smallest absolute Gasteiger partial charge is 0.217 e. The first-order valence-electron chi connectivity index (χ1n) is 24.0. The summed E-state index contributed by atoms with van der Waals surface area (Å²) in [7, 11) is 0. The molecule has 34 nitrogen and oxygen atoms in total. The van der Waals surface area contributed by atoms with Crippen molar-refractivity contribution in [3.05, 3.63) is 0 Å². The first-order chi connectivity index (χ1) is 35.9. The van der Waals surface area contributed by atoms with E-state index in [-0.39, 0.29) is 0 Å². The van der Waals surface area contributed by atoms with E-state index in [2.05, 4.69) is 16.0 Å². The minimum absolute atomic E-state index is 0.744. The standard InChI is InChI=1S/C42H73N3O31/c1-11(52)43-14(4-46)23(56)34(15(55)5-47)73-39-22(45-13(3)54)28(61)35(18(8-50)70-39)75-42-33(66)37(26(59)20(72-42)10-67-40-31(64)29(62)25(58)17(7-49)69-40)76-41-32(65)30(63)36(19(9-51)71-41)74-38-21(44-12(2)53)27(60)24(57)16(6-48)68-38/h14-42,46-51,55-66H,4-10H2,1-3H3,(H,43,52)(H,44,53)(H,45,54)/t14-,15+,16+,17+,18+,19+,20+,21+,22+,23+,24+,25+,26+,27+,28+,29-,30+,31-,32-,33-,34+,35+,36+,37-,38-,39-,40-,41+,42-/m0/s1. The van der Waals surface area contributed by atoms with Crippen LogP contribution in [0.4, 0.5) is 0 Å². The zero-order valence-corrected chi connectivity index (χ0v) is 41.0. The van der Waals surface area contributed by atoms with Gasteiger partial charge in [0.05, 0.1) is 52.3 Å². The predicted molar refractivity (Wildman–Crippen MR) is 236 cm³/mol. The Bertz CT molecular complexity index is 1820.